The van der Waals surface area contributed by atoms with Crippen LogP contribution in [0.25, 0.3) is 0 Å². The quantitative estimate of drug-likeness (QED) is 0.735. The molecule has 21 heavy (non-hydrogen) atoms. The van der Waals surface area contributed by atoms with Crippen molar-refractivity contribution in [3.8, 4) is 0 Å². The van der Waals surface area contributed by atoms with E-state index in [1.807, 2.05) is 13.8 Å². The molecule has 0 radical (unpaired) electrons. The van der Waals surface area contributed by atoms with Gasteiger partial charge in [0.05, 0.1) is 5.60 Å². The fraction of sp³-hybridized carbons (Fsp3) is 0.647. The van der Waals surface area contributed by atoms with Gasteiger partial charge >= 0.3 is 0 Å². The maximum Gasteiger partial charge on any atom is 0.0765 e. The van der Waals surface area contributed by atoms with Crippen molar-refractivity contribution < 1.29 is 5.11 Å². The van der Waals surface area contributed by atoms with E-state index in [0.29, 0.717) is 12.6 Å². The predicted molar refractivity (Wildman–Crippen MR) is 95.0 cm³/mol. The Hall–Kier alpha value is -0.580. The highest BCUT2D eigenvalue weighted by Crippen LogP contribution is 2.30. The molecule has 1 aromatic rings. The molecule has 0 bridgehead atoms. The van der Waals surface area contributed by atoms with Crippen LogP contribution >= 0.6 is 15.9 Å². The minimum absolute atomic E-state index is 0.295. The Morgan fingerprint density at radius 2 is 2.00 bits per heavy atom. The topological polar surface area (TPSA) is 35.5 Å². The van der Waals surface area contributed by atoms with Gasteiger partial charge in [-0.25, -0.2) is 0 Å². The van der Waals surface area contributed by atoms with Gasteiger partial charge in [-0.05, 0) is 58.4 Å². The molecule has 0 saturated heterocycles. The summed E-state index contributed by atoms with van der Waals surface area (Å²) in [6.45, 7) is 12.7. The van der Waals surface area contributed by atoms with Crippen LogP contribution in [0.1, 0.15) is 52.6 Å². The van der Waals surface area contributed by atoms with Crippen molar-refractivity contribution in [1.82, 2.24) is 5.32 Å². The highest BCUT2D eigenvalue weighted by molar-refractivity contribution is 9.10. The van der Waals surface area contributed by atoms with Crippen LogP contribution in [0.5, 0.6) is 0 Å². The first-order chi connectivity index (χ1) is 9.78. The van der Waals surface area contributed by atoms with E-state index >= 15 is 0 Å². The molecule has 0 fully saturated rings. The Morgan fingerprint density at radius 1 is 1.33 bits per heavy atom. The third kappa shape index (κ3) is 5.97. The van der Waals surface area contributed by atoms with Crippen molar-refractivity contribution in [2.45, 2.75) is 52.7 Å². The average molecular weight is 357 g/mol. The van der Waals surface area contributed by atoms with Gasteiger partial charge < -0.3 is 15.3 Å². The van der Waals surface area contributed by atoms with Gasteiger partial charge in [-0.15, -0.1) is 0 Å². The summed E-state index contributed by atoms with van der Waals surface area (Å²) in [7, 11) is 0. The summed E-state index contributed by atoms with van der Waals surface area (Å²) >= 11 is 3.57. The van der Waals surface area contributed by atoms with Crippen LogP contribution in [-0.2, 0) is 0 Å². The lowest BCUT2D eigenvalue weighted by atomic mass is 10.0. The molecule has 0 spiro atoms. The van der Waals surface area contributed by atoms with Crippen molar-refractivity contribution >= 4 is 21.6 Å². The number of nitrogens with zero attached hydrogens (tertiary/aromatic N) is 1. The van der Waals surface area contributed by atoms with Gasteiger partial charge in [0.1, 0.15) is 0 Å². The normalized spacial score (nSPS) is 13.3. The second kappa shape index (κ2) is 8.16. The minimum Gasteiger partial charge on any atom is -0.389 e. The van der Waals surface area contributed by atoms with Crippen molar-refractivity contribution in [2.24, 2.45) is 0 Å². The van der Waals surface area contributed by atoms with E-state index in [-0.39, 0.29) is 0 Å². The third-order valence-electron chi connectivity index (χ3n) is 3.46. The van der Waals surface area contributed by atoms with Crippen LogP contribution in [0.2, 0.25) is 0 Å². The SMILES string of the molecule is CCCNC(C)c1ccc(Br)cc1N(CC)CC(C)(C)O. The molecule has 1 aromatic carbocycles. The zero-order chi connectivity index (χ0) is 16.0. The van der Waals surface area contributed by atoms with Gasteiger partial charge in [-0.3, -0.25) is 0 Å². The molecule has 0 aliphatic heterocycles. The molecule has 0 heterocycles. The summed E-state index contributed by atoms with van der Waals surface area (Å²) in [5.41, 5.74) is 1.75. The fourth-order valence-corrected chi connectivity index (χ4v) is 2.81. The molecule has 120 valence electrons. The summed E-state index contributed by atoms with van der Waals surface area (Å²) in [6, 6.07) is 6.69. The van der Waals surface area contributed by atoms with E-state index < -0.39 is 5.60 Å². The second-order valence-electron chi connectivity index (χ2n) is 6.21. The van der Waals surface area contributed by atoms with E-state index in [2.05, 4.69) is 65.1 Å². The van der Waals surface area contributed by atoms with Crippen molar-refractivity contribution in [3.05, 3.63) is 28.2 Å². The molecule has 0 aliphatic carbocycles. The summed E-state index contributed by atoms with van der Waals surface area (Å²) in [4.78, 5) is 2.24. The molecule has 0 saturated carbocycles. The lowest BCUT2D eigenvalue weighted by Crippen LogP contribution is -2.39. The molecular weight excluding hydrogens is 328 g/mol. The molecule has 4 heteroatoms. The van der Waals surface area contributed by atoms with Gasteiger partial charge in [0, 0.05) is 29.3 Å². The number of likely N-dealkylation sites (N-methyl/N-ethyl adjacent to an activating group) is 1. The number of benzene rings is 1. The Bertz CT molecular complexity index is 443. The minimum atomic E-state index is -0.713. The molecule has 1 rings (SSSR count). The van der Waals surface area contributed by atoms with Gasteiger partial charge in [0.25, 0.3) is 0 Å². The maximum absolute atomic E-state index is 10.2. The van der Waals surface area contributed by atoms with Crippen LogP contribution in [0.3, 0.4) is 0 Å². The van der Waals surface area contributed by atoms with E-state index in [0.717, 1.165) is 24.0 Å². The molecule has 2 N–H and O–H groups in total. The number of aliphatic hydroxyl groups is 1. The first-order valence-corrected chi connectivity index (χ1v) is 8.58. The largest absolute Gasteiger partial charge is 0.389 e. The number of nitrogens with one attached hydrogen (secondary N) is 1. The van der Waals surface area contributed by atoms with Gasteiger partial charge in [0.15, 0.2) is 0 Å². The van der Waals surface area contributed by atoms with E-state index in [9.17, 15) is 5.11 Å². The Labute approximate surface area is 137 Å². The van der Waals surface area contributed by atoms with Gasteiger partial charge in [0.2, 0.25) is 0 Å². The molecule has 0 aromatic heterocycles. The van der Waals surface area contributed by atoms with E-state index in [1.54, 1.807) is 0 Å². The number of anilines is 1. The summed E-state index contributed by atoms with van der Waals surface area (Å²) < 4.78 is 1.07. The van der Waals surface area contributed by atoms with Crippen LogP contribution in [0, 0.1) is 0 Å². The van der Waals surface area contributed by atoms with E-state index in [1.165, 1.54) is 11.3 Å². The van der Waals surface area contributed by atoms with Crippen molar-refractivity contribution in [2.75, 3.05) is 24.5 Å². The summed E-state index contributed by atoms with van der Waals surface area (Å²) in [5.74, 6) is 0. The molecule has 3 nitrogen and oxygen atoms in total. The van der Waals surface area contributed by atoms with Crippen LogP contribution in [-0.4, -0.2) is 30.3 Å². The highest BCUT2D eigenvalue weighted by atomic mass is 79.9. The van der Waals surface area contributed by atoms with Crippen molar-refractivity contribution in [3.63, 3.8) is 0 Å². The van der Waals surface area contributed by atoms with E-state index in [4.69, 9.17) is 0 Å². The van der Waals surface area contributed by atoms with Gasteiger partial charge in [-0.2, -0.15) is 0 Å². The zero-order valence-corrected chi connectivity index (χ0v) is 15.5. The smallest absolute Gasteiger partial charge is 0.0765 e. The average Bonchev–Trinajstić information content (AvgIpc) is 2.41. The lowest BCUT2D eigenvalue weighted by Gasteiger charge is -2.33. The second-order valence-corrected chi connectivity index (χ2v) is 7.12. The summed E-state index contributed by atoms with van der Waals surface area (Å²) in [5, 5.41) is 13.7. The Morgan fingerprint density at radius 3 is 2.52 bits per heavy atom. The molecule has 1 unspecified atom stereocenters. The van der Waals surface area contributed by atoms with Gasteiger partial charge in [-0.1, -0.05) is 28.9 Å². The highest BCUT2D eigenvalue weighted by Gasteiger charge is 2.21. The monoisotopic (exact) mass is 356 g/mol. The fourth-order valence-electron chi connectivity index (χ4n) is 2.46. The molecule has 0 aliphatic rings. The molecular formula is C17H29BrN2O. The Kier molecular flexibility index (Phi) is 7.17. The number of rotatable bonds is 8. The third-order valence-corrected chi connectivity index (χ3v) is 3.95. The zero-order valence-electron chi connectivity index (χ0n) is 13.9. The van der Waals surface area contributed by atoms with Crippen molar-refractivity contribution in [1.29, 1.82) is 0 Å². The molecule has 0 amide bonds. The summed E-state index contributed by atoms with van der Waals surface area (Å²) in [6.07, 6.45) is 1.12. The number of hydrogen-bond donors (Lipinski definition) is 2. The first kappa shape index (κ1) is 18.5. The lowest BCUT2D eigenvalue weighted by molar-refractivity contribution is 0.0875. The maximum atomic E-state index is 10.2. The standard InChI is InChI=1S/C17H29BrN2O/c1-6-10-19-13(3)15-9-8-14(18)11-16(15)20(7-2)12-17(4,5)21/h8-9,11,13,19,21H,6-7,10,12H2,1-5H3. The molecule has 1 atom stereocenters. The number of hydrogen-bond acceptors (Lipinski definition) is 3. The van der Waals surface area contributed by atoms with Crippen LogP contribution in [0.15, 0.2) is 22.7 Å². The van der Waals surface area contributed by atoms with Crippen LogP contribution < -0.4 is 10.2 Å². The Balaban J connectivity index is 3.09. The predicted octanol–water partition coefficient (Wildman–Crippen LogP) is 4.11. The van der Waals surface area contributed by atoms with Crippen LogP contribution in [0.4, 0.5) is 5.69 Å². The first-order valence-electron chi connectivity index (χ1n) is 7.78. The number of halogens is 1.